The number of amides is 2. The molecule has 1 aromatic rings. The molecule has 2 rings (SSSR count). The number of aliphatic hydroxyl groups is 1. The van der Waals surface area contributed by atoms with Crippen LogP contribution in [0.25, 0.3) is 0 Å². The SMILES string of the molecule is Cc1nnc2n1CCCC2NC(=O)NCC(C)(O)C(C)C. The Kier molecular flexibility index (Phi) is 4.51. The fourth-order valence-electron chi connectivity index (χ4n) is 2.32. The van der Waals surface area contributed by atoms with Gasteiger partial charge < -0.3 is 20.3 Å². The summed E-state index contributed by atoms with van der Waals surface area (Å²) >= 11 is 0. The molecule has 0 aliphatic carbocycles. The second-order valence-electron chi connectivity index (χ2n) is 6.29. The Morgan fingerprint density at radius 3 is 2.90 bits per heavy atom. The fraction of sp³-hybridized carbons (Fsp3) is 0.786. The zero-order valence-electron chi connectivity index (χ0n) is 13.2. The summed E-state index contributed by atoms with van der Waals surface area (Å²) in [6.45, 7) is 8.60. The van der Waals surface area contributed by atoms with E-state index < -0.39 is 5.60 Å². The fourth-order valence-corrected chi connectivity index (χ4v) is 2.32. The molecular weight excluding hydrogens is 270 g/mol. The zero-order chi connectivity index (χ0) is 15.6. The summed E-state index contributed by atoms with van der Waals surface area (Å²) in [6, 6.07) is -0.404. The molecule has 7 heteroatoms. The summed E-state index contributed by atoms with van der Waals surface area (Å²) in [7, 11) is 0. The van der Waals surface area contributed by atoms with Crippen molar-refractivity contribution in [2.45, 2.75) is 58.7 Å². The molecular formula is C14H25N5O2. The lowest BCUT2D eigenvalue weighted by Gasteiger charge is -2.29. The predicted octanol–water partition coefficient (Wildman–Crippen LogP) is 1.13. The van der Waals surface area contributed by atoms with Crippen LogP contribution in [0.1, 0.15) is 51.3 Å². The van der Waals surface area contributed by atoms with Crippen LogP contribution in [0.5, 0.6) is 0 Å². The van der Waals surface area contributed by atoms with Gasteiger partial charge in [-0.15, -0.1) is 10.2 Å². The van der Waals surface area contributed by atoms with Crippen LogP contribution in [-0.4, -0.2) is 38.0 Å². The number of urea groups is 1. The van der Waals surface area contributed by atoms with E-state index in [1.165, 1.54) is 0 Å². The van der Waals surface area contributed by atoms with Gasteiger partial charge in [-0.25, -0.2) is 4.79 Å². The number of rotatable bonds is 4. The first-order valence-electron chi connectivity index (χ1n) is 7.47. The first-order chi connectivity index (χ1) is 9.81. The van der Waals surface area contributed by atoms with Gasteiger partial charge in [-0.3, -0.25) is 0 Å². The van der Waals surface area contributed by atoms with E-state index in [0.29, 0.717) is 0 Å². The second-order valence-corrected chi connectivity index (χ2v) is 6.29. The maximum absolute atomic E-state index is 12.0. The molecule has 2 amide bonds. The van der Waals surface area contributed by atoms with Crippen molar-refractivity contribution in [3.05, 3.63) is 11.6 Å². The van der Waals surface area contributed by atoms with Gasteiger partial charge >= 0.3 is 6.03 Å². The van der Waals surface area contributed by atoms with Crippen LogP contribution in [0.3, 0.4) is 0 Å². The molecule has 1 aliphatic rings. The van der Waals surface area contributed by atoms with Crippen molar-refractivity contribution < 1.29 is 9.90 Å². The number of hydrogen-bond donors (Lipinski definition) is 3. The highest BCUT2D eigenvalue weighted by atomic mass is 16.3. The van der Waals surface area contributed by atoms with Crippen LogP contribution in [0, 0.1) is 12.8 Å². The van der Waals surface area contributed by atoms with Crippen LogP contribution in [0.15, 0.2) is 0 Å². The molecule has 3 N–H and O–H groups in total. The summed E-state index contributed by atoms with van der Waals surface area (Å²) < 4.78 is 2.04. The molecule has 1 aliphatic heterocycles. The third-order valence-electron chi connectivity index (χ3n) is 4.31. The van der Waals surface area contributed by atoms with Gasteiger partial charge in [-0.05, 0) is 32.6 Å². The minimum absolute atomic E-state index is 0.0678. The van der Waals surface area contributed by atoms with Crippen LogP contribution in [0.2, 0.25) is 0 Å². The van der Waals surface area contributed by atoms with Gasteiger partial charge in [0.05, 0.1) is 11.6 Å². The molecule has 0 radical (unpaired) electrons. The van der Waals surface area contributed by atoms with Gasteiger partial charge in [-0.1, -0.05) is 13.8 Å². The zero-order valence-corrected chi connectivity index (χ0v) is 13.2. The smallest absolute Gasteiger partial charge is 0.315 e. The summed E-state index contributed by atoms with van der Waals surface area (Å²) in [4.78, 5) is 12.0. The van der Waals surface area contributed by atoms with E-state index in [2.05, 4.69) is 20.8 Å². The first-order valence-corrected chi connectivity index (χ1v) is 7.47. The number of carbonyl (C=O) groups excluding carboxylic acids is 1. The number of aryl methyl sites for hydroxylation is 1. The molecule has 21 heavy (non-hydrogen) atoms. The van der Waals surface area contributed by atoms with Gasteiger partial charge in [0.2, 0.25) is 0 Å². The number of aromatic nitrogens is 3. The third kappa shape index (κ3) is 3.53. The van der Waals surface area contributed by atoms with Crippen LogP contribution < -0.4 is 10.6 Å². The van der Waals surface area contributed by atoms with Crippen molar-refractivity contribution in [2.24, 2.45) is 5.92 Å². The molecule has 0 saturated carbocycles. The summed E-state index contributed by atoms with van der Waals surface area (Å²) in [5, 5.41) is 24.0. The lowest BCUT2D eigenvalue weighted by molar-refractivity contribution is 0.0165. The number of fused-ring (bicyclic) bond motifs is 1. The topological polar surface area (TPSA) is 92.1 Å². The lowest BCUT2D eigenvalue weighted by atomic mass is 9.93. The standard InChI is InChI=1S/C14H25N5O2/c1-9(2)14(4,21)8-15-13(20)16-11-6-5-7-19-10(3)17-18-12(11)19/h9,11,21H,5-8H2,1-4H3,(H2,15,16,20). The quantitative estimate of drug-likeness (QED) is 0.776. The van der Waals surface area contributed by atoms with Gasteiger partial charge in [-0.2, -0.15) is 0 Å². The molecule has 7 nitrogen and oxygen atoms in total. The molecule has 1 aromatic heterocycles. The van der Waals surface area contributed by atoms with Crippen molar-refractivity contribution in [1.82, 2.24) is 25.4 Å². The van der Waals surface area contributed by atoms with Crippen molar-refractivity contribution in [3.8, 4) is 0 Å². The molecule has 0 saturated heterocycles. The molecule has 0 fully saturated rings. The van der Waals surface area contributed by atoms with E-state index in [-0.39, 0.29) is 24.5 Å². The van der Waals surface area contributed by atoms with Crippen molar-refractivity contribution in [3.63, 3.8) is 0 Å². The average Bonchev–Trinajstić information content (AvgIpc) is 2.80. The molecule has 0 bridgehead atoms. The minimum atomic E-state index is -0.916. The Balaban J connectivity index is 1.92. The van der Waals surface area contributed by atoms with E-state index in [4.69, 9.17) is 0 Å². The van der Waals surface area contributed by atoms with E-state index in [9.17, 15) is 9.90 Å². The number of carbonyl (C=O) groups is 1. The van der Waals surface area contributed by atoms with E-state index in [1.807, 2.05) is 25.3 Å². The maximum atomic E-state index is 12.0. The minimum Gasteiger partial charge on any atom is -0.388 e. The average molecular weight is 295 g/mol. The highest BCUT2D eigenvalue weighted by molar-refractivity contribution is 5.74. The van der Waals surface area contributed by atoms with Crippen LogP contribution >= 0.6 is 0 Å². The summed E-state index contributed by atoms with van der Waals surface area (Å²) in [5.41, 5.74) is -0.916. The third-order valence-corrected chi connectivity index (χ3v) is 4.31. The second kappa shape index (κ2) is 6.01. The van der Waals surface area contributed by atoms with E-state index >= 15 is 0 Å². The monoisotopic (exact) mass is 295 g/mol. The Morgan fingerprint density at radius 1 is 1.52 bits per heavy atom. The normalized spacial score (nSPS) is 20.8. The van der Waals surface area contributed by atoms with Crippen LogP contribution in [-0.2, 0) is 6.54 Å². The molecule has 2 atom stereocenters. The Morgan fingerprint density at radius 2 is 2.24 bits per heavy atom. The maximum Gasteiger partial charge on any atom is 0.315 e. The van der Waals surface area contributed by atoms with Crippen molar-refractivity contribution >= 4 is 6.03 Å². The molecule has 0 spiro atoms. The van der Waals surface area contributed by atoms with Gasteiger partial charge in [0.1, 0.15) is 5.82 Å². The van der Waals surface area contributed by atoms with Crippen molar-refractivity contribution in [2.75, 3.05) is 6.54 Å². The van der Waals surface area contributed by atoms with Crippen LogP contribution in [0.4, 0.5) is 4.79 Å². The summed E-state index contributed by atoms with van der Waals surface area (Å²) in [6.07, 6.45) is 1.84. The Labute approximate surface area is 125 Å². The predicted molar refractivity (Wildman–Crippen MR) is 78.7 cm³/mol. The van der Waals surface area contributed by atoms with Crippen molar-refractivity contribution in [1.29, 1.82) is 0 Å². The first kappa shape index (κ1) is 15.8. The lowest BCUT2D eigenvalue weighted by Crippen LogP contribution is -2.48. The van der Waals surface area contributed by atoms with E-state index in [1.54, 1.807) is 6.92 Å². The molecule has 2 unspecified atom stereocenters. The highest BCUT2D eigenvalue weighted by Gasteiger charge is 2.28. The Hall–Kier alpha value is -1.63. The molecule has 2 heterocycles. The molecule has 118 valence electrons. The largest absolute Gasteiger partial charge is 0.388 e. The highest BCUT2D eigenvalue weighted by Crippen LogP contribution is 2.23. The Bertz CT molecular complexity index is 509. The van der Waals surface area contributed by atoms with E-state index in [0.717, 1.165) is 31.0 Å². The number of hydrogen-bond acceptors (Lipinski definition) is 4. The number of nitrogens with one attached hydrogen (secondary N) is 2. The summed E-state index contributed by atoms with van der Waals surface area (Å²) in [5.74, 6) is 1.75. The van der Waals surface area contributed by atoms with Gasteiger partial charge in [0, 0.05) is 13.1 Å². The molecule has 0 aromatic carbocycles. The number of nitrogens with zero attached hydrogens (tertiary/aromatic N) is 3. The van der Waals surface area contributed by atoms with Gasteiger partial charge in [0.15, 0.2) is 5.82 Å². The van der Waals surface area contributed by atoms with Gasteiger partial charge in [0.25, 0.3) is 0 Å².